The molecule has 3 amide bonds. The van der Waals surface area contributed by atoms with Gasteiger partial charge in [-0.2, -0.15) is 0 Å². The van der Waals surface area contributed by atoms with Gasteiger partial charge in [0, 0.05) is 147 Å². The molecule has 0 radical (unpaired) electrons. The number of pyridine rings is 9. The second-order valence-corrected chi connectivity index (χ2v) is 30.6. The number of aromatic nitrogens is 9. The number of unbranched alkanes of at least 4 members (excludes halogenated alkanes) is 4. The van der Waals surface area contributed by atoms with Gasteiger partial charge in [0.25, 0.3) is 17.7 Å². The molecule has 0 aliphatic rings. The van der Waals surface area contributed by atoms with Crippen LogP contribution in [0.3, 0.4) is 0 Å². The van der Waals surface area contributed by atoms with Crippen molar-refractivity contribution in [1.29, 1.82) is 0 Å². The SMILES string of the molecule is C=C(C(=O)N(CC)Cc1cc[n+](C)cc1)c1ccccc1.CCCCCCOC(=O)c1ccc[n+](C)c1.CCCCOC(=O)c1ccc[n+](C)c1.CCOC(=O)CC(=O)c1cc[n+](C)cc1.CCOC(=O)Cc1cc[n+](C)cc1.C[n+]1ccc(C(=O)N(CCO)CCO)cc1.C[n+]1ccc(C(=O)NCCO)cc1.C[n+]1cccc(C(=O)c2ccccc2)c1.C[n+]1cccc(CCCO)c1. The molecule has 134 heavy (non-hydrogen) atoms. The van der Waals surface area contributed by atoms with Gasteiger partial charge in [-0.1, -0.05) is 107 Å². The highest BCUT2D eigenvalue weighted by Gasteiger charge is 2.21. The average Bonchev–Trinajstić information content (AvgIpc) is 0.887. The molecule has 5 N–H and O–H groups in total. The summed E-state index contributed by atoms with van der Waals surface area (Å²) in [5, 5.41) is 37.3. The Hall–Kier alpha value is -14.0. The maximum atomic E-state index is 12.6. The first-order chi connectivity index (χ1) is 64.5. The number of hydrogen-bond acceptors (Lipinski definition) is 17. The topological polar surface area (TPSA) is 325 Å². The van der Waals surface area contributed by atoms with Crippen molar-refractivity contribution >= 4 is 58.7 Å². The number of carbonyl (C=O) groups excluding carboxylic acids is 9. The number of Topliss-reactive ketones (excluding diaryl/α,β-unsaturated/α-hetero) is 1. The van der Waals surface area contributed by atoms with Crippen molar-refractivity contribution in [2.75, 3.05) is 79.0 Å². The molecule has 11 rings (SSSR count). The monoisotopic (exact) mass is 1840 g/mol. The molecule has 29 nitrogen and oxygen atoms in total. The van der Waals surface area contributed by atoms with Crippen molar-refractivity contribution < 1.29 is 124 Å². The van der Waals surface area contributed by atoms with Gasteiger partial charge in [0.2, 0.25) is 0 Å². The van der Waals surface area contributed by atoms with Gasteiger partial charge in [-0.3, -0.25) is 33.6 Å². The van der Waals surface area contributed by atoms with Crippen molar-refractivity contribution in [3.8, 4) is 0 Å². The third-order valence-corrected chi connectivity index (χ3v) is 19.1. The number of aliphatic hydroxyl groups excluding tert-OH is 4. The Morgan fingerprint density at radius 3 is 1.20 bits per heavy atom. The number of hydrogen-bond donors (Lipinski definition) is 5. The zero-order chi connectivity index (χ0) is 98.8. The molecule has 11 aromatic rings. The number of esters is 4. The fourth-order valence-corrected chi connectivity index (χ4v) is 11.8. The summed E-state index contributed by atoms with van der Waals surface area (Å²) in [6, 6.07) is 52.0. The lowest BCUT2D eigenvalue weighted by Crippen LogP contribution is -2.36. The molecule has 0 saturated heterocycles. The van der Waals surface area contributed by atoms with Gasteiger partial charge < -0.3 is 54.5 Å². The zero-order valence-electron chi connectivity index (χ0n) is 80.5. The molecule has 714 valence electrons. The van der Waals surface area contributed by atoms with Crippen LogP contribution >= 0.6 is 0 Å². The van der Waals surface area contributed by atoms with E-state index < -0.39 is 5.97 Å². The van der Waals surface area contributed by atoms with Crippen LogP contribution in [0.4, 0.5) is 0 Å². The van der Waals surface area contributed by atoms with Crippen molar-refractivity contribution in [3.05, 3.63) is 349 Å². The first-order valence-electron chi connectivity index (χ1n) is 44.8. The minimum absolute atomic E-state index is 0.0167. The molecule has 9 aromatic heterocycles. The van der Waals surface area contributed by atoms with E-state index in [1.54, 1.807) is 105 Å². The Balaban J connectivity index is 0.000000390. The smallest absolute Gasteiger partial charge is 0.344 e. The molecule has 29 heteroatoms. The van der Waals surface area contributed by atoms with E-state index in [-0.39, 0.29) is 93.1 Å². The third kappa shape index (κ3) is 48.8. The van der Waals surface area contributed by atoms with Gasteiger partial charge in [0.1, 0.15) is 81.0 Å². The Bertz CT molecular complexity index is 5260. The fraction of sp³-hybridized carbons (Fsp3) is 0.352. The van der Waals surface area contributed by atoms with Crippen molar-refractivity contribution in [1.82, 2.24) is 15.1 Å². The normalized spacial score (nSPS) is 9.96. The van der Waals surface area contributed by atoms with Crippen molar-refractivity contribution in [3.63, 3.8) is 0 Å². The predicted molar refractivity (Wildman–Crippen MR) is 505 cm³/mol. The predicted octanol–water partition coefficient (Wildman–Crippen LogP) is 7.90. The summed E-state index contributed by atoms with van der Waals surface area (Å²) < 4.78 is 36.7. The molecular formula is C105H141N12O17+9. The second-order valence-electron chi connectivity index (χ2n) is 30.6. The number of ether oxygens (including phenoxy) is 4. The molecule has 0 atom stereocenters. The standard InChI is InChI=1S/C18H21N2O.C13H20NO2.C13H12NO.C11H17N2O3.C11H14NO3.C11H16NO2.C10H14NO2.C9H12N2O2.C9H14NO/c1-4-20(14-16-10-12-19(3)13-11-16)18(21)15(2)17-8-6-5-7-9-17;1-3-4-5-6-10-16-13(15)12-8-7-9-14(2)11-12;1-14-9-5-8-12(10-14)13(15)11-6-3-2-4-7-11;1-12-4-2-10(3-5-12)11(16)13(6-8-14)7-9-15;1-3-15-11(14)8-10(13)9-4-6-12(2)7-5-9;1-3-4-8-14-11(13)10-6-5-7-12(2)9-10;1-3-13-10(12)8-9-4-6-11(2)7-5-9;1-11-5-2-8(3-6-11)9(13)10-4-7-12;1-10-6-2-4-9(8-10)5-3-7-11/h5-13H,2,4,14H2,1,3H3;7-9,11H,3-6,10H2,1-2H3;2-10H,1H3;2-5,14-15H,6-9H2,1H3;4-7H,3,8H2,1-2H3;5-7,9H,3-4,8H2,1-2H3;4-7H,3,8H2,1-2H3;2-3,5-6,12H,4,7H2,1H3;2,4,6,8,11H,3,5,7H2,1H3/q7*+1;;+1/p+1. The van der Waals surface area contributed by atoms with Crippen molar-refractivity contribution in [2.24, 2.45) is 63.4 Å². The van der Waals surface area contributed by atoms with Crippen LogP contribution in [-0.4, -0.2) is 162 Å². The molecule has 0 bridgehead atoms. The summed E-state index contributed by atoms with van der Waals surface area (Å²) in [7, 11) is 17.2. The van der Waals surface area contributed by atoms with Gasteiger partial charge in [0.05, 0.1) is 69.4 Å². The van der Waals surface area contributed by atoms with Gasteiger partial charge in [-0.05, 0) is 87.4 Å². The minimum Gasteiger partial charge on any atom is -0.466 e. The number of nitrogens with zero attached hydrogens (tertiary/aromatic N) is 11. The second kappa shape index (κ2) is 68.1. The van der Waals surface area contributed by atoms with Gasteiger partial charge in [0.15, 0.2) is 123 Å². The maximum absolute atomic E-state index is 12.6. The highest BCUT2D eigenvalue weighted by atomic mass is 16.5. The van der Waals surface area contributed by atoms with Crippen LogP contribution in [0.5, 0.6) is 0 Å². The van der Waals surface area contributed by atoms with E-state index in [0.29, 0.717) is 91.4 Å². The Labute approximate surface area is 790 Å². The number of aryl methyl sites for hydroxylation is 10. The molecule has 0 aliphatic carbocycles. The number of carbonyl (C=O) groups is 9. The number of amides is 3. The lowest BCUT2D eigenvalue weighted by atomic mass is 10.1. The fourth-order valence-electron chi connectivity index (χ4n) is 11.8. The van der Waals surface area contributed by atoms with E-state index in [2.05, 4.69) is 38.0 Å². The van der Waals surface area contributed by atoms with E-state index in [9.17, 15) is 43.2 Å². The van der Waals surface area contributed by atoms with Gasteiger partial charge in [-0.15, -0.1) is 0 Å². The largest absolute Gasteiger partial charge is 0.466 e. The summed E-state index contributed by atoms with van der Waals surface area (Å²) in [5.74, 6) is -1.62. The summed E-state index contributed by atoms with van der Waals surface area (Å²) >= 11 is 0. The molecule has 0 saturated carbocycles. The molecule has 9 heterocycles. The molecule has 0 spiro atoms. The first-order valence-corrected chi connectivity index (χ1v) is 44.8. The molecule has 0 fully saturated rings. The maximum Gasteiger partial charge on any atom is 0.344 e. The van der Waals surface area contributed by atoms with E-state index in [1.807, 2.05) is 294 Å². The number of nitrogens with one attached hydrogen (secondary N) is 1. The Morgan fingerprint density at radius 1 is 0.351 bits per heavy atom. The highest BCUT2D eigenvalue weighted by molar-refractivity contribution is 6.18. The lowest BCUT2D eigenvalue weighted by Gasteiger charge is -2.22. The van der Waals surface area contributed by atoms with Crippen LogP contribution in [0.15, 0.2) is 288 Å². The quantitative estimate of drug-likeness (QED) is 0.00479. The first kappa shape index (κ1) is 114. The van der Waals surface area contributed by atoms with E-state index >= 15 is 0 Å². The van der Waals surface area contributed by atoms with E-state index in [1.165, 1.54) is 23.3 Å². The van der Waals surface area contributed by atoms with E-state index in [4.69, 9.17) is 39.4 Å². The highest BCUT2D eigenvalue weighted by Crippen LogP contribution is 2.17. The van der Waals surface area contributed by atoms with E-state index in [0.717, 1.165) is 60.8 Å². The Morgan fingerprint density at radius 2 is 0.761 bits per heavy atom. The number of rotatable bonds is 35. The lowest BCUT2D eigenvalue weighted by molar-refractivity contribution is -0.672. The van der Waals surface area contributed by atoms with Gasteiger partial charge in [-0.25, -0.2) is 50.7 Å². The number of aliphatic hydroxyl groups is 4. The Kier molecular flexibility index (Phi) is 58.0. The van der Waals surface area contributed by atoms with Crippen LogP contribution in [0, 0.1) is 0 Å². The van der Waals surface area contributed by atoms with Crippen LogP contribution in [0.1, 0.15) is 176 Å². The average molecular weight is 1840 g/mol. The summed E-state index contributed by atoms with van der Waals surface area (Å²) in [6.07, 6.45) is 42.0. The molecular weight excluding hydrogens is 1700 g/mol. The molecule has 0 unspecified atom stereocenters. The molecule has 0 aliphatic heterocycles. The van der Waals surface area contributed by atoms with Crippen LogP contribution < -0.4 is 46.4 Å². The summed E-state index contributed by atoms with van der Waals surface area (Å²) in [4.78, 5) is 108. The minimum atomic E-state index is -0.476. The third-order valence-electron chi connectivity index (χ3n) is 19.1. The van der Waals surface area contributed by atoms with Crippen LogP contribution in [0.25, 0.3) is 5.57 Å². The number of ketones is 2. The van der Waals surface area contributed by atoms with Crippen molar-refractivity contribution in [2.45, 2.75) is 105 Å². The number of benzene rings is 2. The van der Waals surface area contributed by atoms with Crippen LogP contribution in [0.2, 0.25) is 0 Å². The number of likely N-dealkylation sites (N-methyl/N-ethyl adjacent to an activating group) is 1. The summed E-state index contributed by atoms with van der Waals surface area (Å²) in [5.41, 5.74) is 9.14. The van der Waals surface area contributed by atoms with Gasteiger partial charge >= 0.3 is 23.9 Å². The zero-order valence-corrected chi connectivity index (χ0v) is 80.5. The van der Waals surface area contributed by atoms with Crippen LogP contribution in [-0.2, 0) is 116 Å². The summed E-state index contributed by atoms with van der Waals surface area (Å²) in [6.45, 7) is 17.5. The molecule has 2 aromatic carbocycles.